The number of hydrogen-bond donors (Lipinski definition) is 2. The van der Waals surface area contributed by atoms with E-state index in [0.717, 1.165) is 53.4 Å². The number of amides is 2. The van der Waals surface area contributed by atoms with Crippen LogP contribution in [0.4, 0.5) is 28.4 Å². The van der Waals surface area contributed by atoms with Crippen LogP contribution in [0.25, 0.3) is 0 Å². The zero-order valence-corrected chi connectivity index (χ0v) is 15.0. The zero-order valence-electron chi connectivity index (χ0n) is 15.0. The lowest BCUT2D eigenvalue weighted by Gasteiger charge is -2.29. The van der Waals surface area contributed by atoms with E-state index in [1.807, 2.05) is 43.4 Å². The first-order valence-electron chi connectivity index (χ1n) is 8.87. The summed E-state index contributed by atoms with van der Waals surface area (Å²) in [4.78, 5) is 28.9. The minimum atomic E-state index is -0.211. The molecule has 6 heteroatoms. The number of benzene rings is 2. The van der Waals surface area contributed by atoms with Gasteiger partial charge in [-0.15, -0.1) is 0 Å². The maximum absolute atomic E-state index is 12.9. The van der Waals surface area contributed by atoms with E-state index in [1.165, 1.54) is 0 Å². The Hall–Kier alpha value is -3.02. The van der Waals surface area contributed by atoms with Gasteiger partial charge in [-0.05, 0) is 43.2 Å². The normalized spacial score (nSPS) is 16.5. The van der Waals surface area contributed by atoms with E-state index in [9.17, 15) is 9.59 Å². The molecule has 2 amide bonds. The van der Waals surface area contributed by atoms with Crippen molar-refractivity contribution in [3.05, 3.63) is 42.0 Å². The minimum absolute atomic E-state index is 0.142. The second-order valence-corrected chi connectivity index (χ2v) is 6.65. The summed E-state index contributed by atoms with van der Waals surface area (Å²) >= 11 is 0. The van der Waals surface area contributed by atoms with Gasteiger partial charge in [-0.2, -0.15) is 0 Å². The SMILES string of the molecule is CNc1cccc(N2C(=O)CC(=O)N(C)c3c2ccc2c3CCCN2)c1. The molecule has 2 aliphatic heterocycles. The molecule has 2 aliphatic rings. The van der Waals surface area contributed by atoms with Crippen LogP contribution in [0.3, 0.4) is 0 Å². The highest BCUT2D eigenvalue weighted by molar-refractivity contribution is 6.18. The number of hydrogen-bond acceptors (Lipinski definition) is 4. The largest absolute Gasteiger partial charge is 0.388 e. The van der Waals surface area contributed by atoms with Crippen molar-refractivity contribution < 1.29 is 9.59 Å². The predicted molar refractivity (Wildman–Crippen MR) is 104 cm³/mol. The van der Waals surface area contributed by atoms with Crippen LogP contribution in [-0.2, 0) is 16.0 Å². The van der Waals surface area contributed by atoms with Crippen LogP contribution in [0.5, 0.6) is 0 Å². The van der Waals surface area contributed by atoms with Gasteiger partial charge >= 0.3 is 0 Å². The van der Waals surface area contributed by atoms with Crippen molar-refractivity contribution >= 4 is 40.3 Å². The number of carbonyl (C=O) groups excluding carboxylic acids is 2. The summed E-state index contributed by atoms with van der Waals surface area (Å²) in [5, 5.41) is 6.50. The average Bonchev–Trinajstić information content (AvgIpc) is 2.76. The molecule has 0 spiro atoms. The van der Waals surface area contributed by atoms with Gasteiger partial charge < -0.3 is 15.5 Å². The van der Waals surface area contributed by atoms with Crippen molar-refractivity contribution in [3.63, 3.8) is 0 Å². The molecule has 2 heterocycles. The fourth-order valence-electron chi connectivity index (χ4n) is 3.76. The van der Waals surface area contributed by atoms with E-state index in [0.29, 0.717) is 0 Å². The third-order valence-electron chi connectivity index (χ3n) is 5.08. The van der Waals surface area contributed by atoms with Gasteiger partial charge in [0.15, 0.2) is 0 Å². The van der Waals surface area contributed by atoms with Crippen LogP contribution in [0.1, 0.15) is 18.4 Å². The first-order chi connectivity index (χ1) is 12.6. The van der Waals surface area contributed by atoms with E-state index in [4.69, 9.17) is 0 Å². The maximum atomic E-state index is 12.9. The van der Waals surface area contributed by atoms with Gasteiger partial charge in [0.05, 0.1) is 17.1 Å². The van der Waals surface area contributed by atoms with E-state index in [-0.39, 0.29) is 18.2 Å². The Kier molecular flexibility index (Phi) is 4.03. The van der Waals surface area contributed by atoms with E-state index in [2.05, 4.69) is 10.6 Å². The highest BCUT2D eigenvalue weighted by atomic mass is 16.2. The molecule has 0 aliphatic carbocycles. The van der Waals surface area contributed by atoms with Crippen LogP contribution in [0.2, 0.25) is 0 Å². The van der Waals surface area contributed by atoms with Gasteiger partial charge in [0.1, 0.15) is 6.42 Å². The van der Waals surface area contributed by atoms with Crippen LogP contribution < -0.4 is 20.4 Å². The van der Waals surface area contributed by atoms with Gasteiger partial charge in [-0.3, -0.25) is 14.5 Å². The Morgan fingerprint density at radius 3 is 2.77 bits per heavy atom. The third-order valence-corrected chi connectivity index (χ3v) is 5.08. The molecule has 0 saturated heterocycles. The van der Waals surface area contributed by atoms with Crippen molar-refractivity contribution in [1.82, 2.24) is 0 Å². The second kappa shape index (κ2) is 6.37. The molecule has 2 aromatic rings. The summed E-state index contributed by atoms with van der Waals surface area (Å²) in [7, 11) is 3.60. The second-order valence-electron chi connectivity index (χ2n) is 6.65. The standard InChI is InChI=1S/C20H22N4O2/c1-21-13-5-3-6-14(11-13)24-17-9-8-16-15(7-4-10-22-16)20(17)23(2)18(25)12-19(24)26/h3,5-6,8-9,11,21-22H,4,7,10,12H2,1-2H3. The Morgan fingerprint density at radius 1 is 1.12 bits per heavy atom. The smallest absolute Gasteiger partial charge is 0.241 e. The fourth-order valence-corrected chi connectivity index (χ4v) is 3.76. The van der Waals surface area contributed by atoms with Gasteiger partial charge in [0.25, 0.3) is 0 Å². The van der Waals surface area contributed by atoms with E-state index >= 15 is 0 Å². The fraction of sp³-hybridized carbons (Fsp3) is 0.300. The van der Waals surface area contributed by atoms with Gasteiger partial charge in [-0.1, -0.05) is 6.07 Å². The summed E-state index contributed by atoms with van der Waals surface area (Å²) < 4.78 is 0. The molecule has 0 aromatic heterocycles. The first-order valence-corrected chi connectivity index (χ1v) is 8.87. The lowest BCUT2D eigenvalue weighted by atomic mass is 9.99. The van der Waals surface area contributed by atoms with Crippen molar-refractivity contribution in [3.8, 4) is 0 Å². The number of rotatable bonds is 2. The summed E-state index contributed by atoms with van der Waals surface area (Å²) in [5.41, 5.74) is 5.43. The van der Waals surface area contributed by atoms with Gasteiger partial charge in [0, 0.05) is 37.6 Å². The number of nitrogens with one attached hydrogen (secondary N) is 2. The molecule has 6 nitrogen and oxygen atoms in total. The van der Waals surface area contributed by atoms with Gasteiger partial charge in [0.2, 0.25) is 11.8 Å². The van der Waals surface area contributed by atoms with E-state index < -0.39 is 0 Å². The molecular formula is C20H22N4O2. The summed E-state index contributed by atoms with van der Waals surface area (Å²) in [6.07, 6.45) is 1.76. The molecule has 2 aromatic carbocycles. The van der Waals surface area contributed by atoms with Crippen molar-refractivity contribution in [1.29, 1.82) is 0 Å². The molecule has 134 valence electrons. The molecule has 0 atom stereocenters. The van der Waals surface area contributed by atoms with Crippen LogP contribution in [-0.4, -0.2) is 32.5 Å². The molecule has 0 fully saturated rings. The number of nitrogens with zero attached hydrogens (tertiary/aromatic N) is 2. The lowest BCUT2D eigenvalue weighted by Crippen LogP contribution is -2.29. The Bertz CT molecular complexity index is 893. The zero-order chi connectivity index (χ0) is 18.3. The summed E-state index contributed by atoms with van der Waals surface area (Å²) in [5.74, 6) is -0.389. The first kappa shape index (κ1) is 16.4. The predicted octanol–water partition coefficient (Wildman–Crippen LogP) is 3.12. The Morgan fingerprint density at radius 2 is 1.96 bits per heavy atom. The molecule has 0 saturated carbocycles. The van der Waals surface area contributed by atoms with Crippen LogP contribution >= 0.6 is 0 Å². The van der Waals surface area contributed by atoms with Crippen molar-refractivity contribution in [2.75, 3.05) is 41.1 Å². The van der Waals surface area contributed by atoms with Crippen LogP contribution in [0.15, 0.2) is 36.4 Å². The minimum Gasteiger partial charge on any atom is -0.388 e. The quantitative estimate of drug-likeness (QED) is 0.817. The highest BCUT2D eigenvalue weighted by Gasteiger charge is 2.33. The Balaban J connectivity index is 1.94. The molecule has 0 bridgehead atoms. The number of fused-ring (bicyclic) bond motifs is 3. The molecule has 4 rings (SSSR count). The molecule has 0 radical (unpaired) electrons. The monoisotopic (exact) mass is 350 g/mol. The third kappa shape index (κ3) is 2.58. The van der Waals surface area contributed by atoms with E-state index in [1.54, 1.807) is 16.8 Å². The van der Waals surface area contributed by atoms with Crippen LogP contribution in [0, 0.1) is 0 Å². The molecular weight excluding hydrogens is 328 g/mol. The van der Waals surface area contributed by atoms with Crippen molar-refractivity contribution in [2.45, 2.75) is 19.3 Å². The van der Waals surface area contributed by atoms with Crippen molar-refractivity contribution in [2.24, 2.45) is 0 Å². The Labute approximate surface area is 152 Å². The lowest BCUT2D eigenvalue weighted by molar-refractivity contribution is -0.125. The number of anilines is 5. The summed E-state index contributed by atoms with van der Waals surface area (Å²) in [6.45, 7) is 0.927. The highest BCUT2D eigenvalue weighted by Crippen LogP contribution is 2.44. The maximum Gasteiger partial charge on any atom is 0.241 e. The average molecular weight is 350 g/mol. The topological polar surface area (TPSA) is 64.7 Å². The number of carbonyl (C=O) groups is 2. The van der Waals surface area contributed by atoms with Gasteiger partial charge in [-0.25, -0.2) is 0 Å². The molecule has 2 N–H and O–H groups in total. The summed E-state index contributed by atoms with van der Waals surface area (Å²) in [6, 6.07) is 11.6. The molecule has 0 unspecified atom stereocenters. The molecule has 26 heavy (non-hydrogen) atoms.